The highest BCUT2D eigenvalue weighted by Gasteiger charge is 1.89. The van der Waals surface area contributed by atoms with Crippen LogP contribution in [0.3, 0.4) is 0 Å². The van der Waals surface area contributed by atoms with Gasteiger partial charge >= 0.3 is 0 Å². The molecule has 0 spiro atoms. The van der Waals surface area contributed by atoms with Crippen molar-refractivity contribution in [3.8, 4) is 0 Å². The average molecular weight is 164 g/mol. The molecular weight excluding hydrogens is 144 g/mol. The minimum atomic E-state index is -1.10. The van der Waals surface area contributed by atoms with Gasteiger partial charge in [-0.2, -0.15) is 0 Å². The average Bonchev–Trinajstić information content (AvgIpc) is 1.90. The van der Waals surface area contributed by atoms with E-state index in [1.165, 1.54) is 0 Å². The number of hydrogen-bond acceptors (Lipinski definition) is 3. The molecule has 0 rings (SSSR count). The lowest BCUT2D eigenvalue weighted by molar-refractivity contribution is -0.0453. The summed E-state index contributed by atoms with van der Waals surface area (Å²) < 4.78 is 4.83. The summed E-state index contributed by atoms with van der Waals surface area (Å²) in [6.07, 6.45) is 0.215. The molecule has 0 aliphatic heterocycles. The summed E-state index contributed by atoms with van der Waals surface area (Å²) in [5.41, 5.74) is 0. The van der Waals surface area contributed by atoms with E-state index in [9.17, 15) is 0 Å². The Morgan fingerprint density at radius 2 is 1.55 bits per heavy atom. The third kappa shape index (κ3) is 25.8. The van der Waals surface area contributed by atoms with Crippen LogP contribution in [0.1, 0.15) is 33.6 Å². The standard InChI is InChI=1S/C4H10O2.C4H10O/c1-2-3-4(5)6;1-3-5-4-2/h4-6H,2-3H2,1H3;3-4H2,1-2H3. The van der Waals surface area contributed by atoms with Gasteiger partial charge in [0.2, 0.25) is 0 Å². The lowest BCUT2D eigenvalue weighted by atomic mass is 10.3. The zero-order valence-electron chi connectivity index (χ0n) is 7.71. The van der Waals surface area contributed by atoms with Gasteiger partial charge in [-0.25, -0.2) is 0 Å². The van der Waals surface area contributed by atoms with Gasteiger partial charge in [-0.15, -0.1) is 0 Å². The van der Waals surface area contributed by atoms with Gasteiger partial charge in [0, 0.05) is 13.2 Å². The zero-order valence-corrected chi connectivity index (χ0v) is 7.71. The van der Waals surface area contributed by atoms with Gasteiger partial charge in [-0.3, -0.25) is 0 Å². The first-order valence-electron chi connectivity index (χ1n) is 4.12. The molecule has 0 saturated heterocycles. The van der Waals surface area contributed by atoms with Crippen molar-refractivity contribution in [2.24, 2.45) is 0 Å². The van der Waals surface area contributed by atoms with Gasteiger partial charge in [0.25, 0.3) is 0 Å². The normalized spacial score (nSPS) is 9.27. The zero-order chi connectivity index (χ0) is 9.11. The predicted molar refractivity (Wildman–Crippen MR) is 45.3 cm³/mol. The number of hydrogen-bond donors (Lipinski definition) is 2. The first-order valence-corrected chi connectivity index (χ1v) is 4.12. The summed E-state index contributed by atoms with van der Waals surface area (Å²) in [6.45, 7) is 7.57. The van der Waals surface area contributed by atoms with Crippen molar-refractivity contribution in [3.63, 3.8) is 0 Å². The summed E-state index contributed by atoms with van der Waals surface area (Å²) in [4.78, 5) is 0. The fraction of sp³-hybridized carbons (Fsp3) is 1.00. The number of rotatable bonds is 4. The van der Waals surface area contributed by atoms with Gasteiger partial charge in [0.05, 0.1) is 0 Å². The van der Waals surface area contributed by atoms with Crippen LogP contribution in [0.15, 0.2) is 0 Å². The van der Waals surface area contributed by atoms with Crippen LogP contribution < -0.4 is 0 Å². The highest BCUT2D eigenvalue weighted by atomic mass is 16.5. The van der Waals surface area contributed by atoms with Crippen molar-refractivity contribution < 1.29 is 14.9 Å². The van der Waals surface area contributed by atoms with Crippen LogP contribution >= 0.6 is 0 Å². The minimum Gasteiger partial charge on any atom is -0.382 e. The van der Waals surface area contributed by atoms with Gasteiger partial charge in [-0.1, -0.05) is 13.3 Å². The molecule has 0 unspecified atom stereocenters. The molecular formula is C8H20O3. The Bertz CT molecular complexity index is 53.3. The summed E-state index contributed by atoms with van der Waals surface area (Å²) in [5, 5.41) is 16.2. The van der Waals surface area contributed by atoms with E-state index in [1.54, 1.807) is 0 Å². The molecule has 0 bridgehead atoms. The van der Waals surface area contributed by atoms with Crippen LogP contribution in [-0.4, -0.2) is 29.7 Å². The minimum absolute atomic E-state index is 0.486. The molecule has 3 heteroatoms. The van der Waals surface area contributed by atoms with E-state index in [1.807, 2.05) is 20.8 Å². The Morgan fingerprint density at radius 1 is 1.09 bits per heavy atom. The van der Waals surface area contributed by atoms with Gasteiger partial charge in [-0.05, 0) is 20.3 Å². The van der Waals surface area contributed by atoms with E-state index >= 15 is 0 Å². The van der Waals surface area contributed by atoms with E-state index in [0.717, 1.165) is 19.6 Å². The topological polar surface area (TPSA) is 49.7 Å². The number of aliphatic hydroxyl groups excluding tert-OH is 1. The van der Waals surface area contributed by atoms with Crippen molar-refractivity contribution in [2.45, 2.75) is 39.9 Å². The monoisotopic (exact) mass is 164 g/mol. The van der Waals surface area contributed by atoms with Crippen molar-refractivity contribution in [2.75, 3.05) is 13.2 Å². The fourth-order valence-electron chi connectivity index (χ4n) is 0.462. The lowest BCUT2D eigenvalue weighted by Crippen LogP contribution is -2.01. The number of aliphatic hydroxyl groups is 2. The number of ether oxygens (including phenoxy) is 1. The molecule has 0 aliphatic carbocycles. The molecule has 0 aromatic heterocycles. The van der Waals surface area contributed by atoms with E-state index in [0.29, 0.717) is 6.42 Å². The Morgan fingerprint density at radius 3 is 1.55 bits per heavy atom. The molecule has 70 valence electrons. The quantitative estimate of drug-likeness (QED) is 0.613. The van der Waals surface area contributed by atoms with Crippen LogP contribution in [0, 0.1) is 0 Å². The van der Waals surface area contributed by atoms with E-state index in [2.05, 4.69) is 0 Å². The van der Waals surface area contributed by atoms with Crippen molar-refractivity contribution >= 4 is 0 Å². The molecule has 3 nitrogen and oxygen atoms in total. The summed E-state index contributed by atoms with van der Waals surface area (Å²) in [6, 6.07) is 0. The van der Waals surface area contributed by atoms with Crippen molar-refractivity contribution in [3.05, 3.63) is 0 Å². The lowest BCUT2D eigenvalue weighted by Gasteiger charge is -1.94. The second-order valence-corrected chi connectivity index (χ2v) is 2.05. The van der Waals surface area contributed by atoms with Gasteiger partial charge in [0.1, 0.15) is 0 Å². The molecule has 0 fully saturated rings. The first kappa shape index (κ1) is 13.5. The molecule has 0 radical (unpaired) electrons. The van der Waals surface area contributed by atoms with Crippen LogP contribution in [0.5, 0.6) is 0 Å². The summed E-state index contributed by atoms with van der Waals surface area (Å²) >= 11 is 0. The first-order chi connectivity index (χ1) is 5.18. The molecule has 0 amide bonds. The van der Waals surface area contributed by atoms with Crippen LogP contribution in [0.4, 0.5) is 0 Å². The summed E-state index contributed by atoms with van der Waals surface area (Å²) in [7, 11) is 0. The van der Waals surface area contributed by atoms with E-state index in [-0.39, 0.29) is 0 Å². The van der Waals surface area contributed by atoms with Crippen LogP contribution in [0.25, 0.3) is 0 Å². The van der Waals surface area contributed by atoms with Crippen LogP contribution in [0.2, 0.25) is 0 Å². The highest BCUT2D eigenvalue weighted by Crippen LogP contribution is 1.88. The molecule has 0 aromatic rings. The molecule has 0 heterocycles. The second kappa shape index (κ2) is 12.5. The molecule has 0 aliphatic rings. The SMILES string of the molecule is CCCC(O)O.CCOCC. The van der Waals surface area contributed by atoms with Crippen molar-refractivity contribution in [1.29, 1.82) is 0 Å². The van der Waals surface area contributed by atoms with Crippen molar-refractivity contribution in [1.82, 2.24) is 0 Å². The molecule has 0 atom stereocenters. The second-order valence-electron chi connectivity index (χ2n) is 2.05. The largest absolute Gasteiger partial charge is 0.382 e. The maximum absolute atomic E-state index is 8.11. The van der Waals surface area contributed by atoms with Gasteiger partial charge in [0.15, 0.2) is 6.29 Å². The summed E-state index contributed by atoms with van der Waals surface area (Å²) in [5.74, 6) is 0. The fourth-order valence-corrected chi connectivity index (χ4v) is 0.462. The van der Waals surface area contributed by atoms with Crippen LogP contribution in [-0.2, 0) is 4.74 Å². The molecule has 0 saturated carbocycles. The molecule has 11 heavy (non-hydrogen) atoms. The highest BCUT2D eigenvalue weighted by molar-refractivity contribution is 4.31. The third-order valence-electron chi connectivity index (χ3n) is 0.955. The van der Waals surface area contributed by atoms with E-state index < -0.39 is 6.29 Å². The van der Waals surface area contributed by atoms with E-state index in [4.69, 9.17) is 14.9 Å². The molecule has 0 aromatic carbocycles. The predicted octanol–water partition coefficient (Wildman–Crippen LogP) is 1.14. The molecule has 2 N–H and O–H groups in total. The van der Waals surface area contributed by atoms with Gasteiger partial charge < -0.3 is 14.9 Å². The smallest absolute Gasteiger partial charge is 0.151 e. The maximum atomic E-state index is 8.11. The Hall–Kier alpha value is -0.120. The Balaban J connectivity index is 0. The maximum Gasteiger partial charge on any atom is 0.151 e. The third-order valence-corrected chi connectivity index (χ3v) is 0.955. The Labute approximate surface area is 69.0 Å². The Kier molecular flexibility index (Phi) is 15.4.